The number of aryl methyl sites for hydroxylation is 1. The Morgan fingerprint density at radius 2 is 2.04 bits per heavy atom. The molecule has 0 saturated carbocycles. The van der Waals surface area contributed by atoms with Gasteiger partial charge < -0.3 is 9.67 Å². The summed E-state index contributed by atoms with van der Waals surface area (Å²) in [4.78, 5) is 25.3. The second-order valence-electron chi connectivity index (χ2n) is 5.95. The lowest BCUT2D eigenvalue weighted by Crippen LogP contribution is -2.31. The summed E-state index contributed by atoms with van der Waals surface area (Å²) in [7, 11) is 0. The summed E-state index contributed by atoms with van der Waals surface area (Å²) in [6.07, 6.45) is 2.18. The number of hydrogen-bond acceptors (Lipinski definition) is 4. The fourth-order valence-electron chi connectivity index (χ4n) is 2.85. The van der Waals surface area contributed by atoms with E-state index in [9.17, 15) is 14.7 Å². The summed E-state index contributed by atoms with van der Waals surface area (Å²) in [5.41, 5.74) is 2.84. The zero-order valence-electron chi connectivity index (χ0n) is 14.6. The monoisotopic (exact) mass is 427 g/mol. The van der Waals surface area contributed by atoms with Gasteiger partial charge in [-0.15, -0.1) is 0 Å². The molecule has 27 heavy (non-hydrogen) atoms. The van der Waals surface area contributed by atoms with E-state index in [1.807, 2.05) is 31.2 Å². The highest BCUT2D eigenvalue weighted by molar-refractivity contribution is 9.10. The van der Waals surface area contributed by atoms with Crippen LogP contribution in [0, 0.1) is 0 Å². The van der Waals surface area contributed by atoms with Crippen LogP contribution in [0.1, 0.15) is 29.3 Å². The van der Waals surface area contributed by atoms with Crippen LogP contribution in [0.5, 0.6) is 5.75 Å². The maximum Gasteiger partial charge on any atom is 0.280 e. The van der Waals surface area contributed by atoms with Gasteiger partial charge in [0.05, 0.1) is 11.7 Å². The maximum absolute atomic E-state index is 12.8. The van der Waals surface area contributed by atoms with Crippen molar-refractivity contribution in [3.8, 4) is 5.75 Å². The molecule has 0 bridgehead atoms. The predicted octanol–water partition coefficient (Wildman–Crippen LogP) is 3.64. The van der Waals surface area contributed by atoms with Crippen molar-refractivity contribution in [1.29, 1.82) is 0 Å². The number of hydrazone groups is 1. The molecule has 2 N–H and O–H groups in total. The van der Waals surface area contributed by atoms with Crippen molar-refractivity contribution in [2.75, 3.05) is 0 Å². The topological polar surface area (TPSA) is 83.7 Å². The van der Waals surface area contributed by atoms with Gasteiger partial charge in [0.15, 0.2) is 0 Å². The molecule has 0 aliphatic rings. The Morgan fingerprint density at radius 3 is 2.78 bits per heavy atom. The first-order valence-electron chi connectivity index (χ1n) is 8.46. The van der Waals surface area contributed by atoms with Gasteiger partial charge >= 0.3 is 0 Å². The number of carbonyl (C=O) groups excluding carboxylic acids is 1. The first kappa shape index (κ1) is 18.8. The van der Waals surface area contributed by atoms with E-state index in [0.717, 1.165) is 16.5 Å². The molecule has 3 rings (SSSR count). The number of para-hydroxylation sites is 1. The molecule has 1 aromatic heterocycles. The summed E-state index contributed by atoms with van der Waals surface area (Å²) in [6.45, 7) is 2.39. The van der Waals surface area contributed by atoms with E-state index in [2.05, 4.69) is 26.5 Å². The number of halogens is 1. The number of carbonyl (C=O) groups is 1. The smallest absolute Gasteiger partial charge is 0.280 e. The molecule has 6 nitrogen and oxygen atoms in total. The van der Waals surface area contributed by atoms with Gasteiger partial charge in [0.1, 0.15) is 11.3 Å². The Labute approximate surface area is 164 Å². The number of aromatic nitrogens is 1. The molecule has 0 saturated heterocycles. The third kappa shape index (κ3) is 3.93. The molecule has 2 aromatic carbocycles. The summed E-state index contributed by atoms with van der Waals surface area (Å²) in [6, 6.07) is 14.3. The fourth-order valence-corrected chi connectivity index (χ4v) is 3.27. The summed E-state index contributed by atoms with van der Waals surface area (Å²) >= 11 is 3.36. The Balaban J connectivity index is 1.98. The van der Waals surface area contributed by atoms with Gasteiger partial charge in [-0.1, -0.05) is 47.1 Å². The third-order valence-electron chi connectivity index (χ3n) is 4.05. The number of nitrogens with zero attached hydrogens (tertiary/aromatic N) is 2. The van der Waals surface area contributed by atoms with E-state index in [4.69, 9.17) is 0 Å². The summed E-state index contributed by atoms with van der Waals surface area (Å²) in [5, 5.41) is 14.9. The number of hydrogen-bond donors (Lipinski definition) is 2. The van der Waals surface area contributed by atoms with E-state index in [-0.39, 0.29) is 11.3 Å². The van der Waals surface area contributed by atoms with E-state index < -0.39 is 11.5 Å². The van der Waals surface area contributed by atoms with Gasteiger partial charge in [-0.3, -0.25) is 9.59 Å². The highest BCUT2D eigenvalue weighted by Gasteiger charge is 2.21. The normalized spacial score (nSPS) is 11.2. The number of amides is 1. The van der Waals surface area contributed by atoms with Gasteiger partial charge in [0, 0.05) is 16.4 Å². The lowest BCUT2D eigenvalue weighted by Gasteiger charge is -2.13. The van der Waals surface area contributed by atoms with Gasteiger partial charge in [-0.05, 0) is 36.2 Å². The van der Waals surface area contributed by atoms with Crippen molar-refractivity contribution in [3.63, 3.8) is 0 Å². The van der Waals surface area contributed by atoms with Gasteiger partial charge in [0.2, 0.25) is 0 Å². The molecular weight excluding hydrogens is 410 g/mol. The van der Waals surface area contributed by atoms with Crippen LogP contribution >= 0.6 is 15.9 Å². The molecule has 0 aliphatic carbocycles. The van der Waals surface area contributed by atoms with Crippen molar-refractivity contribution < 1.29 is 9.90 Å². The van der Waals surface area contributed by atoms with Gasteiger partial charge in [0.25, 0.3) is 11.5 Å². The van der Waals surface area contributed by atoms with Crippen molar-refractivity contribution in [2.45, 2.75) is 19.9 Å². The molecule has 0 radical (unpaired) electrons. The van der Waals surface area contributed by atoms with Crippen LogP contribution in [-0.2, 0) is 6.54 Å². The second-order valence-corrected chi connectivity index (χ2v) is 6.87. The minimum absolute atomic E-state index is 0.312. The number of pyridine rings is 1. The standard InChI is InChI=1S/C20H18BrN3O3/c1-2-10-24-16-9-4-3-8-15(16)18(25)17(20(24)27)19(26)23-22-12-13-6-5-7-14(21)11-13/h3-9,11-12,25H,2,10H2,1H3,(H,23,26). The molecule has 1 amide bonds. The van der Waals surface area contributed by atoms with Gasteiger partial charge in [-0.25, -0.2) is 5.43 Å². The first-order valence-corrected chi connectivity index (χ1v) is 9.25. The zero-order chi connectivity index (χ0) is 19.4. The molecule has 3 aromatic rings. The molecule has 0 fully saturated rings. The lowest BCUT2D eigenvalue weighted by molar-refractivity contribution is 0.0950. The Hall–Kier alpha value is -2.93. The molecule has 0 atom stereocenters. The highest BCUT2D eigenvalue weighted by atomic mass is 79.9. The number of fused-ring (bicyclic) bond motifs is 1. The number of nitrogens with one attached hydrogen (secondary N) is 1. The van der Waals surface area contributed by atoms with E-state index in [1.54, 1.807) is 24.3 Å². The summed E-state index contributed by atoms with van der Waals surface area (Å²) in [5.74, 6) is -1.09. The average Bonchev–Trinajstić information content (AvgIpc) is 2.65. The molecular formula is C20H18BrN3O3. The quantitative estimate of drug-likeness (QED) is 0.481. The highest BCUT2D eigenvalue weighted by Crippen LogP contribution is 2.26. The Morgan fingerprint density at radius 1 is 1.26 bits per heavy atom. The van der Waals surface area contributed by atoms with Crippen LogP contribution in [0.25, 0.3) is 10.9 Å². The SMILES string of the molecule is CCCn1c(=O)c(C(=O)NN=Cc2cccc(Br)c2)c(O)c2ccccc21. The van der Waals surface area contributed by atoms with Crippen LogP contribution in [0.15, 0.2) is 62.9 Å². The van der Waals surface area contributed by atoms with Crippen LogP contribution in [0.4, 0.5) is 0 Å². The number of aromatic hydroxyl groups is 1. The van der Waals surface area contributed by atoms with Gasteiger partial charge in [-0.2, -0.15) is 5.10 Å². The van der Waals surface area contributed by atoms with Crippen molar-refractivity contribution in [1.82, 2.24) is 9.99 Å². The first-order chi connectivity index (χ1) is 13.0. The maximum atomic E-state index is 12.8. The minimum atomic E-state index is -0.751. The van der Waals surface area contributed by atoms with Crippen LogP contribution < -0.4 is 11.0 Å². The largest absolute Gasteiger partial charge is 0.506 e. The van der Waals surface area contributed by atoms with Crippen molar-refractivity contribution >= 4 is 39.0 Å². The molecule has 0 unspecified atom stereocenters. The van der Waals surface area contributed by atoms with Crippen LogP contribution in [0.2, 0.25) is 0 Å². The Bertz CT molecular complexity index is 1090. The second kappa shape index (κ2) is 8.18. The molecule has 7 heteroatoms. The van der Waals surface area contributed by atoms with Crippen LogP contribution in [-0.4, -0.2) is 21.8 Å². The molecule has 1 heterocycles. The average molecular weight is 428 g/mol. The fraction of sp³-hybridized carbons (Fsp3) is 0.150. The zero-order valence-corrected chi connectivity index (χ0v) is 16.2. The predicted molar refractivity (Wildman–Crippen MR) is 109 cm³/mol. The van der Waals surface area contributed by atoms with Crippen molar-refractivity contribution in [3.05, 3.63) is 74.5 Å². The summed E-state index contributed by atoms with van der Waals surface area (Å²) < 4.78 is 2.38. The number of rotatable bonds is 5. The van der Waals surface area contributed by atoms with E-state index in [1.165, 1.54) is 10.8 Å². The van der Waals surface area contributed by atoms with Crippen LogP contribution in [0.3, 0.4) is 0 Å². The molecule has 0 spiro atoms. The Kier molecular flexibility index (Phi) is 5.71. The minimum Gasteiger partial charge on any atom is -0.506 e. The molecule has 138 valence electrons. The molecule has 0 aliphatic heterocycles. The number of benzene rings is 2. The van der Waals surface area contributed by atoms with Crippen molar-refractivity contribution in [2.24, 2.45) is 5.10 Å². The third-order valence-corrected chi connectivity index (χ3v) is 4.54. The van der Waals surface area contributed by atoms with E-state index in [0.29, 0.717) is 17.4 Å². The lowest BCUT2D eigenvalue weighted by atomic mass is 10.1. The van der Waals surface area contributed by atoms with E-state index >= 15 is 0 Å².